The van der Waals surface area contributed by atoms with Crippen molar-refractivity contribution in [3.63, 3.8) is 0 Å². The third-order valence-electron chi connectivity index (χ3n) is 2.62. The third kappa shape index (κ3) is 1.64. The number of hydrogen-bond acceptors (Lipinski definition) is 1. The van der Waals surface area contributed by atoms with Crippen molar-refractivity contribution in [2.45, 2.75) is 0 Å². The summed E-state index contributed by atoms with van der Waals surface area (Å²) in [5, 5.41) is 3.65. The van der Waals surface area contributed by atoms with Gasteiger partial charge in [-0.25, -0.2) is 4.98 Å². The number of rotatable bonds is 0. The van der Waals surface area contributed by atoms with Gasteiger partial charge in [0.05, 0.1) is 5.52 Å². The molecule has 3 aromatic rings. The molecular weight excluding hydrogens is 330 g/mol. The second kappa shape index (κ2) is 3.82. The molecule has 1 heterocycles. The second-order valence-electron chi connectivity index (χ2n) is 3.63. The molecule has 3 rings (SSSR count). The monoisotopic (exact) mass is 335 g/mol. The number of fused-ring (bicyclic) bond motifs is 3. The van der Waals surface area contributed by atoms with Crippen molar-refractivity contribution in [2.24, 2.45) is 0 Å². The van der Waals surface area contributed by atoms with Gasteiger partial charge in [-0.2, -0.15) is 0 Å². The lowest BCUT2D eigenvalue weighted by Gasteiger charge is -2.04. The van der Waals surface area contributed by atoms with E-state index >= 15 is 0 Å². The first-order valence-electron chi connectivity index (χ1n) is 4.88. The van der Waals surface area contributed by atoms with Crippen LogP contribution in [0.15, 0.2) is 51.5 Å². The molecule has 3 heteroatoms. The maximum Gasteiger partial charge on any atom is 0.106 e. The fraction of sp³-hybridized carbons (Fsp3) is 0. The van der Waals surface area contributed by atoms with Crippen LogP contribution in [0.2, 0.25) is 0 Å². The van der Waals surface area contributed by atoms with Crippen molar-refractivity contribution in [3.8, 4) is 0 Å². The highest BCUT2D eigenvalue weighted by molar-refractivity contribution is 9.10. The van der Waals surface area contributed by atoms with Gasteiger partial charge in [-0.1, -0.05) is 28.1 Å². The maximum atomic E-state index is 4.46. The van der Waals surface area contributed by atoms with E-state index in [4.69, 9.17) is 0 Å². The largest absolute Gasteiger partial charge is 0.241 e. The highest BCUT2D eigenvalue weighted by Gasteiger charge is 2.02. The van der Waals surface area contributed by atoms with Gasteiger partial charge >= 0.3 is 0 Å². The zero-order valence-corrected chi connectivity index (χ0v) is 11.4. The summed E-state index contributed by atoms with van der Waals surface area (Å²) < 4.78 is 1.96. The van der Waals surface area contributed by atoms with Gasteiger partial charge < -0.3 is 0 Å². The Morgan fingerprint density at radius 3 is 2.50 bits per heavy atom. The molecule has 0 unspecified atom stereocenters. The SMILES string of the molecule is Brc1ccc2ccc3nc(Br)ccc3c2c1. The zero-order valence-electron chi connectivity index (χ0n) is 8.24. The van der Waals surface area contributed by atoms with Crippen molar-refractivity contribution < 1.29 is 0 Å². The summed E-state index contributed by atoms with van der Waals surface area (Å²) in [4.78, 5) is 4.46. The quantitative estimate of drug-likeness (QED) is 0.419. The molecule has 0 radical (unpaired) electrons. The van der Waals surface area contributed by atoms with Crippen molar-refractivity contribution in [1.82, 2.24) is 4.98 Å². The first kappa shape index (κ1) is 10.2. The smallest absolute Gasteiger partial charge is 0.106 e. The van der Waals surface area contributed by atoms with Crippen LogP contribution in [0.5, 0.6) is 0 Å². The maximum absolute atomic E-state index is 4.46. The van der Waals surface area contributed by atoms with Crippen molar-refractivity contribution in [2.75, 3.05) is 0 Å². The summed E-state index contributed by atoms with van der Waals surface area (Å²) in [7, 11) is 0. The molecule has 1 nitrogen and oxygen atoms in total. The normalized spacial score (nSPS) is 11.1. The third-order valence-corrected chi connectivity index (χ3v) is 3.55. The summed E-state index contributed by atoms with van der Waals surface area (Å²) >= 11 is 6.89. The lowest BCUT2D eigenvalue weighted by atomic mass is 10.1. The van der Waals surface area contributed by atoms with Gasteiger partial charge in [0.15, 0.2) is 0 Å². The van der Waals surface area contributed by atoms with E-state index in [0.717, 1.165) is 14.6 Å². The van der Waals surface area contributed by atoms with Crippen LogP contribution >= 0.6 is 31.9 Å². The molecule has 0 aliphatic heterocycles. The zero-order chi connectivity index (χ0) is 11.1. The summed E-state index contributed by atoms with van der Waals surface area (Å²) in [6.45, 7) is 0. The highest BCUT2D eigenvalue weighted by Crippen LogP contribution is 2.27. The molecule has 0 N–H and O–H groups in total. The van der Waals surface area contributed by atoms with Crippen LogP contribution in [-0.4, -0.2) is 4.98 Å². The van der Waals surface area contributed by atoms with Crippen LogP contribution in [-0.2, 0) is 0 Å². The van der Waals surface area contributed by atoms with Crippen molar-refractivity contribution in [3.05, 3.63) is 51.5 Å². The molecule has 2 aromatic carbocycles. The molecule has 0 atom stereocenters. The van der Waals surface area contributed by atoms with E-state index in [1.807, 2.05) is 6.07 Å². The standard InChI is InChI=1S/C13H7Br2N/c14-9-3-1-8-2-5-12-10(11(8)7-9)4-6-13(15)16-12/h1-7H. The molecule has 0 aliphatic carbocycles. The van der Waals surface area contributed by atoms with Gasteiger partial charge in [0.25, 0.3) is 0 Å². The minimum Gasteiger partial charge on any atom is -0.241 e. The van der Waals surface area contributed by atoms with Crippen molar-refractivity contribution in [1.29, 1.82) is 0 Å². The molecule has 78 valence electrons. The predicted octanol–water partition coefficient (Wildman–Crippen LogP) is 4.91. The van der Waals surface area contributed by atoms with Crippen LogP contribution in [0.1, 0.15) is 0 Å². The van der Waals surface area contributed by atoms with E-state index in [0.29, 0.717) is 0 Å². The van der Waals surface area contributed by atoms with Gasteiger partial charge in [-0.05, 0) is 57.0 Å². The Bertz CT molecular complexity index is 692. The minimum absolute atomic E-state index is 0.870. The lowest BCUT2D eigenvalue weighted by molar-refractivity contribution is 1.36. The van der Waals surface area contributed by atoms with E-state index in [1.165, 1.54) is 16.2 Å². The number of aromatic nitrogens is 1. The molecular formula is C13H7Br2N. The van der Waals surface area contributed by atoms with E-state index in [-0.39, 0.29) is 0 Å². The fourth-order valence-electron chi connectivity index (χ4n) is 1.88. The number of hydrogen-bond donors (Lipinski definition) is 0. The fourth-order valence-corrected chi connectivity index (χ4v) is 2.56. The molecule has 1 aromatic heterocycles. The van der Waals surface area contributed by atoms with E-state index in [1.54, 1.807) is 0 Å². The Labute approximate surface area is 110 Å². The molecule has 0 bridgehead atoms. The Kier molecular flexibility index (Phi) is 2.45. The van der Waals surface area contributed by atoms with E-state index in [2.05, 4.69) is 73.2 Å². The van der Waals surface area contributed by atoms with Crippen LogP contribution in [0.3, 0.4) is 0 Å². The highest BCUT2D eigenvalue weighted by atomic mass is 79.9. The second-order valence-corrected chi connectivity index (χ2v) is 5.36. The Morgan fingerprint density at radius 2 is 1.62 bits per heavy atom. The molecule has 0 amide bonds. The lowest BCUT2D eigenvalue weighted by Crippen LogP contribution is -1.82. The van der Waals surface area contributed by atoms with Gasteiger partial charge in [0.1, 0.15) is 4.60 Å². The van der Waals surface area contributed by atoms with Gasteiger partial charge in [-0.15, -0.1) is 0 Å². The van der Waals surface area contributed by atoms with Crippen LogP contribution in [0.25, 0.3) is 21.7 Å². The predicted molar refractivity (Wildman–Crippen MR) is 74.6 cm³/mol. The summed E-state index contributed by atoms with van der Waals surface area (Å²) in [6, 6.07) is 14.5. The summed E-state index contributed by atoms with van der Waals surface area (Å²) in [5.74, 6) is 0. The Morgan fingerprint density at radius 1 is 0.812 bits per heavy atom. The Balaban J connectivity index is 2.52. The first-order valence-corrected chi connectivity index (χ1v) is 6.47. The number of halogens is 2. The summed E-state index contributed by atoms with van der Waals surface area (Å²) in [5.41, 5.74) is 1.01. The molecule has 0 aliphatic rings. The average Bonchev–Trinajstić information content (AvgIpc) is 2.28. The molecule has 16 heavy (non-hydrogen) atoms. The molecule has 0 fully saturated rings. The molecule has 0 saturated heterocycles. The minimum atomic E-state index is 0.870. The first-order chi connectivity index (χ1) is 7.74. The van der Waals surface area contributed by atoms with Crippen LogP contribution in [0, 0.1) is 0 Å². The molecule has 0 saturated carbocycles. The van der Waals surface area contributed by atoms with Gasteiger partial charge in [0.2, 0.25) is 0 Å². The molecule has 0 spiro atoms. The van der Waals surface area contributed by atoms with E-state index in [9.17, 15) is 0 Å². The Hall–Kier alpha value is -0.930. The topological polar surface area (TPSA) is 12.9 Å². The number of benzene rings is 2. The summed E-state index contributed by atoms with van der Waals surface area (Å²) in [6.07, 6.45) is 0. The van der Waals surface area contributed by atoms with Gasteiger partial charge in [-0.3, -0.25) is 0 Å². The number of pyridine rings is 1. The average molecular weight is 337 g/mol. The van der Waals surface area contributed by atoms with Crippen LogP contribution < -0.4 is 0 Å². The van der Waals surface area contributed by atoms with Crippen molar-refractivity contribution >= 4 is 53.5 Å². The van der Waals surface area contributed by atoms with Gasteiger partial charge in [0, 0.05) is 9.86 Å². The van der Waals surface area contributed by atoms with E-state index < -0.39 is 0 Å². The van der Waals surface area contributed by atoms with Crippen LogP contribution in [0.4, 0.5) is 0 Å². The number of nitrogens with zero attached hydrogens (tertiary/aromatic N) is 1.